The molecule has 0 radical (unpaired) electrons. The highest BCUT2D eigenvalue weighted by atomic mass is 32.2. The normalized spacial score (nSPS) is 13.2. The first-order chi connectivity index (χ1) is 10.5. The number of hydrogen-bond acceptors (Lipinski definition) is 5. The molecule has 23 heavy (non-hydrogen) atoms. The molecule has 1 aromatic heterocycles. The lowest BCUT2D eigenvalue weighted by Gasteiger charge is -2.26. The van der Waals surface area contributed by atoms with Crippen molar-refractivity contribution in [1.82, 2.24) is 19.9 Å². The third-order valence-corrected chi connectivity index (χ3v) is 4.59. The third kappa shape index (κ3) is 7.76. The Morgan fingerprint density at radius 2 is 2.13 bits per heavy atom. The molecule has 0 amide bonds. The van der Waals surface area contributed by atoms with Crippen molar-refractivity contribution >= 4 is 27.3 Å². The molecule has 0 aromatic carbocycles. The number of sulfonamides is 1. The molecular formula is C14H27N5O2S2. The number of hydrogen-bond donors (Lipinski definition) is 2. The molecule has 2 N–H and O–H groups in total. The van der Waals surface area contributed by atoms with E-state index in [1.807, 2.05) is 45.0 Å². The van der Waals surface area contributed by atoms with E-state index in [1.165, 1.54) is 0 Å². The van der Waals surface area contributed by atoms with Gasteiger partial charge in [0.15, 0.2) is 5.96 Å². The van der Waals surface area contributed by atoms with E-state index >= 15 is 0 Å². The molecular weight excluding hydrogens is 334 g/mol. The maximum absolute atomic E-state index is 11.4. The number of aryl methyl sites for hydroxylation is 1. The second kappa shape index (κ2) is 8.07. The quantitative estimate of drug-likeness (QED) is 0.562. The molecule has 0 aliphatic heterocycles. The molecule has 0 atom stereocenters. The van der Waals surface area contributed by atoms with E-state index < -0.39 is 15.6 Å². The molecule has 132 valence electrons. The van der Waals surface area contributed by atoms with E-state index in [4.69, 9.17) is 0 Å². The van der Waals surface area contributed by atoms with Gasteiger partial charge in [-0.1, -0.05) is 0 Å². The van der Waals surface area contributed by atoms with Crippen molar-refractivity contribution in [2.24, 2.45) is 4.99 Å². The van der Waals surface area contributed by atoms with Crippen molar-refractivity contribution in [2.45, 2.75) is 39.8 Å². The number of aromatic nitrogens is 1. The zero-order chi connectivity index (χ0) is 17.7. The van der Waals surface area contributed by atoms with Gasteiger partial charge in [-0.2, -0.15) is 0 Å². The summed E-state index contributed by atoms with van der Waals surface area (Å²) >= 11 is 1.62. The molecule has 1 rings (SSSR count). The van der Waals surface area contributed by atoms with Crippen molar-refractivity contribution in [3.8, 4) is 0 Å². The number of guanidine groups is 1. The highest BCUT2D eigenvalue weighted by Crippen LogP contribution is 2.10. The first-order valence-electron chi connectivity index (χ1n) is 7.42. The Kier molecular flexibility index (Phi) is 6.97. The molecule has 0 spiro atoms. The van der Waals surface area contributed by atoms with Gasteiger partial charge in [-0.15, -0.1) is 11.3 Å². The third-order valence-electron chi connectivity index (χ3n) is 2.85. The van der Waals surface area contributed by atoms with Gasteiger partial charge in [-0.05, 0) is 27.7 Å². The van der Waals surface area contributed by atoms with Gasteiger partial charge in [0.25, 0.3) is 0 Å². The number of rotatable bonds is 7. The van der Waals surface area contributed by atoms with Crippen LogP contribution in [0.1, 0.15) is 31.5 Å². The summed E-state index contributed by atoms with van der Waals surface area (Å²) < 4.78 is 25.4. The zero-order valence-electron chi connectivity index (χ0n) is 14.7. The topological polar surface area (TPSA) is 86.7 Å². The highest BCUT2D eigenvalue weighted by Gasteiger charge is 2.22. The summed E-state index contributed by atoms with van der Waals surface area (Å²) in [6.45, 7) is 9.32. The Balaban J connectivity index is 2.79. The first-order valence-corrected chi connectivity index (χ1v) is 10.2. The van der Waals surface area contributed by atoms with Crippen LogP contribution in [0.25, 0.3) is 0 Å². The van der Waals surface area contributed by atoms with Crippen LogP contribution in [0.3, 0.4) is 0 Å². The predicted molar refractivity (Wildman–Crippen MR) is 96.4 cm³/mol. The van der Waals surface area contributed by atoms with Crippen LogP contribution in [0, 0.1) is 6.92 Å². The maximum atomic E-state index is 11.4. The molecule has 1 aromatic rings. The minimum atomic E-state index is -3.27. The van der Waals surface area contributed by atoms with E-state index in [1.54, 1.807) is 11.3 Å². The lowest BCUT2D eigenvalue weighted by atomic mass is 10.1. The number of thiazole rings is 1. The average Bonchev–Trinajstić information content (AvgIpc) is 2.76. The molecule has 0 saturated carbocycles. The fourth-order valence-electron chi connectivity index (χ4n) is 2.08. The maximum Gasteiger partial charge on any atom is 0.209 e. The van der Waals surface area contributed by atoms with Crippen LogP contribution in [0.2, 0.25) is 0 Å². The van der Waals surface area contributed by atoms with E-state index in [0.717, 1.165) is 29.5 Å². The summed E-state index contributed by atoms with van der Waals surface area (Å²) in [4.78, 5) is 11.0. The molecule has 0 fully saturated rings. The molecule has 7 nitrogen and oxygen atoms in total. The van der Waals surface area contributed by atoms with Crippen molar-refractivity contribution < 1.29 is 8.42 Å². The Labute approximate surface area is 143 Å². The van der Waals surface area contributed by atoms with Crippen molar-refractivity contribution in [3.05, 3.63) is 16.1 Å². The molecule has 0 bridgehead atoms. The lowest BCUT2D eigenvalue weighted by Crippen LogP contribution is -2.46. The largest absolute Gasteiger partial charge is 0.357 e. The second-order valence-electron chi connectivity index (χ2n) is 6.14. The molecule has 9 heteroatoms. The Morgan fingerprint density at radius 3 is 2.61 bits per heavy atom. The van der Waals surface area contributed by atoms with Gasteiger partial charge in [0.1, 0.15) is 0 Å². The molecule has 0 aliphatic rings. The van der Waals surface area contributed by atoms with Crippen molar-refractivity contribution in [1.29, 1.82) is 0 Å². The van der Waals surface area contributed by atoms with Crippen LogP contribution in [0.4, 0.5) is 0 Å². The van der Waals surface area contributed by atoms with E-state index in [0.29, 0.717) is 13.1 Å². The Morgan fingerprint density at radius 1 is 1.48 bits per heavy atom. The minimum Gasteiger partial charge on any atom is -0.357 e. The summed E-state index contributed by atoms with van der Waals surface area (Å²) in [6, 6.07) is 0. The summed E-state index contributed by atoms with van der Waals surface area (Å²) in [7, 11) is -1.33. The monoisotopic (exact) mass is 361 g/mol. The highest BCUT2D eigenvalue weighted by molar-refractivity contribution is 7.88. The van der Waals surface area contributed by atoms with E-state index in [9.17, 15) is 8.42 Å². The van der Waals surface area contributed by atoms with Crippen LogP contribution in [0.5, 0.6) is 0 Å². The lowest BCUT2D eigenvalue weighted by molar-refractivity contribution is 0.444. The van der Waals surface area contributed by atoms with Gasteiger partial charge in [0.2, 0.25) is 10.0 Å². The fourth-order valence-corrected chi connectivity index (χ4v) is 3.75. The summed E-state index contributed by atoms with van der Waals surface area (Å²) in [5, 5.41) is 6.29. The molecule has 1 heterocycles. The SMILES string of the molecule is CCNC(=NCC(C)(C)NS(C)(=O)=O)N(C)Cc1csc(C)n1. The first kappa shape index (κ1) is 19.9. The van der Waals surface area contributed by atoms with Crippen LogP contribution >= 0.6 is 11.3 Å². The number of nitrogens with zero attached hydrogens (tertiary/aromatic N) is 3. The zero-order valence-corrected chi connectivity index (χ0v) is 16.3. The van der Waals surface area contributed by atoms with Crippen LogP contribution in [-0.4, -0.2) is 56.2 Å². The summed E-state index contributed by atoms with van der Waals surface area (Å²) in [6.07, 6.45) is 1.15. The summed E-state index contributed by atoms with van der Waals surface area (Å²) in [5.41, 5.74) is 0.348. The second-order valence-corrected chi connectivity index (χ2v) is 8.95. The molecule has 0 saturated heterocycles. The van der Waals surface area contributed by atoms with Gasteiger partial charge in [-0.3, -0.25) is 4.99 Å². The van der Waals surface area contributed by atoms with Crippen LogP contribution < -0.4 is 10.0 Å². The van der Waals surface area contributed by atoms with Crippen LogP contribution in [0.15, 0.2) is 10.4 Å². The van der Waals surface area contributed by atoms with Crippen molar-refractivity contribution in [3.63, 3.8) is 0 Å². The standard InChI is InChI=1S/C14H27N5O2S2/c1-7-15-13(16-10-14(3,4)18-23(6,20)21)19(5)8-12-9-22-11(2)17-12/h9,18H,7-8,10H2,1-6H3,(H,15,16). The van der Waals surface area contributed by atoms with Gasteiger partial charge in [-0.25, -0.2) is 18.1 Å². The summed E-state index contributed by atoms with van der Waals surface area (Å²) in [5.74, 6) is 0.724. The smallest absolute Gasteiger partial charge is 0.209 e. The number of nitrogens with one attached hydrogen (secondary N) is 2. The molecule has 0 unspecified atom stereocenters. The minimum absolute atomic E-state index is 0.336. The number of aliphatic imine (C=N–C) groups is 1. The van der Waals surface area contributed by atoms with Gasteiger partial charge in [0.05, 0.1) is 30.0 Å². The van der Waals surface area contributed by atoms with Gasteiger partial charge < -0.3 is 10.2 Å². The van der Waals surface area contributed by atoms with Gasteiger partial charge in [0, 0.05) is 24.5 Å². The Hall–Kier alpha value is -1.19. The van der Waals surface area contributed by atoms with Crippen LogP contribution in [-0.2, 0) is 16.6 Å². The predicted octanol–water partition coefficient (Wildman–Crippen LogP) is 1.18. The molecule has 0 aliphatic carbocycles. The fraction of sp³-hybridized carbons (Fsp3) is 0.714. The average molecular weight is 362 g/mol. The van der Waals surface area contributed by atoms with E-state index in [-0.39, 0.29) is 0 Å². The van der Waals surface area contributed by atoms with Crippen molar-refractivity contribution in [2.75, 3.05) is 26.4 Å². The van der Waals surface area contributed by atoms with E-state index in [2.05, 4.69) is 20.0 Å². The Bertz CT molecular complexity index is 637. The van der Waals surface area contributed by atoms with Gasteiger partial charge >= 0.3 is 0 Å².